The van der Waals surface area contributed by atoms with Gasteiger partial charge in [0.2, 0.25) is 5.91 Å². The molecule has 2 aliphatic heterocycles. The lowest BCUT2D eigenvalue weighted by Gasteiger charge is -2.32. The van der Waals surface area contributed by atoms with Crippen molar-refractivity contribution < 1.29 is 9.53 Å². The molecule has 3 heterocycles. The molecule has 0 aliphatic carbocycles. The summed E-state index contributed by atoms with van der Waals surface area (Å²) in [4.78, 5) is 19.0. The Kier molecular flexibility index (Phi) is 5.73. The summed E-state index contributed by atoms with van der Waals surface area (Å²) in [5, 5.41) is 0. The van der Waals surface area contributed by atoms with Crippen molar-refractivity contribution in [3.63, 3.8) is 0 Å². The number of carbonyl (C=O) groups is 1. The average Bonchev–Trinajstić information content (AvgIpc) is 3.38. The summed E-state index contributed by atoms with van der Waals surface area (Å²) in [5.41, 5.74) is 13.7. The molecule has 28 heavy (non-hydrogen) atoms. The van der Waals surface area contributed by atoms with Gasteiger partial charge in [-0.3, -0.25) is 15.6 Å². The zero-order valence-electron chi connectivity index (χ0n) is 15.9. The number of aromatic nitrogens is 1. The monoisotopic (exact) mass is 381 g/mol. The summed E-state index contributed by atoms with van der Waals surface area (Å²) in [7, 11) is 0. The number of carbonyl (C=O) groups excluding carboxylic acids is 1. The first-order chi connectivity index (χ1) is 13.7. The van der Waals surface area contributed by atoms with E-state index in [4.69, 9.17) is 10.5 Å². The number of para-hydroxylation sites is 1. The van der Waals surface area contributed by atoms with Crippen LogP contribution in [0.3, 0.4) is 0 Å². The zero-order chi connectivity index (χ0) is 19.3. The Bertz CT molecular complexity index is 800. The number of amides is 1. The molecular formula is C21H27N5O2. The molecule has 7 heteroatoms. The molecule has 1 aromatic heterocycles. The molecule has 0 radical (unpaired) electrons. The van der Waals surface area contributed by atoms with Gasteiger partial charge >= 0.3 is 0 Å². The number of pyridine rings is 1. The SMILES string of the molecule is Nc1cc(C2CNNC2C2CCCN2C(=O)CCOc2ccccc2)ccn1. The molecule has 2 fully saturated rings. The fourth-order valence-corrected chi connectivity index (χ4v) is 4.29. The highest BCUT2D eigenvalue weighted by Gasteiger charge is 2.41. The minimum atomic E-state index is 0.153. The van der Waals surface area contributed by atoms with Crippen molar-refractivity contribution in [2.24, 2.45) is 0 Å². The Morgan fingerprint density at radius 3 is 2.96 bits per heavy atom. The Morgan fingerprint density at radius 2 is 2.14 bits per heavy atom. The summed E-state index contributed by atoms with van der Waals surface area (Å²) in [5.74, 6) is 1.73. The highest BCUT2D eigenvalue weighted by Crippen LogP contribution is 2.32. The van der Waals surface area contributed by atoms with E-state index in [9.17, 15) is 4.79 Å². The van der Waals surface area contributed by atoms with Crippen LogP contribution in [0.15, 0.2) is 48.7 Å². The smallest absolute Gasteiger partial charge is 0.226 e. The van der Waals surface area contributed by atoms with E-state index in [-0.39, 0.29) is 23.9 Å². The maximum atomic E-state index is 12.9. The number of likely N-dealkylation sites (tertiary alicyclic amines) is 1. The fourth-order valence-electron chi connectivity index (χ4n) is 4.29. The molecule has 3 unspecified atom stereocenters. The first-order valence-electron chi connectivity index (χ1n) is 9.89. The first kappa shape index (κ1) is 18.7. The van der Waals surface area contributed by atoms with E-state index in [0.29, 0.717) is 18.8 Å². The molecule has 0 saturated carbocycles. The minimum absolute atomic E-state index is 0.153. The van der Waals surface area contributed by atoms with E-state index in [1.807, 2.05) is 47.4 Å². The largest absolute Gasteiger partial charge is 0.493 e. The van der Waals surface area contributed by atoms with Crippen molar-refractivity contribution in [1.82, 2.24) is 20.7 Å². The topological polar surface area (TPSA) is 92.5 Å². The highest BCUT2D eigenvalue weighted by atomic mass is 16.5. The molecule has 2 aromatic rings. The summed E-state index contributed by atoms with van der Waals surface area (Å²) < 4.78 is 5.70. The molecule has 4 N–H and O–H groups in total. The predicted molar refractivity (Wildman–Crippen MR) is 108 cm³/mol. The van der Waals surface area contributed by atoms with E-state index >= 15 is 0 Å². The van der Waals surface area contributed by atoms with Crippen LogP contribution in [-0.2, 0) is 4.79 Å². The second kappa shape index (κ2) is 8.58. The minimum Gasteiger partial charge on any atom is -0.493 e. The zero-order valence-corrected chi connectivity index (χ0v) is 15.9. The third-order valence-corrected chi connectivity index (χ3v) is 5.62. The lowest BCUT2D eigenvalue weighted by Crippen LogP contribution is -2.50. The molecule has 2 aliphatic rings. The van der Waals surface area contributed by atoms with Gasteiger partial charge in [0, 0.05) is 37.3 Å². The number of hydrazine groups is 1. The van der Waals surface area contributed by atoms with Gasteiger partial charge in [0.1, 0.15) is 11.6 Å². The van der Waals surface area contributed by atoms with Gasteiger partial charge in [0.15, 0.2) is 0 Å². The number of rotatable bonds is 6. The Labute approximate surface area is 165 Å². The maximum absolute atomic E-state index is 12.9. The second-order valence-corrected chi connectivity index (χ2v) is 7.38. The quantitative estimate of drug-likeness (QED) is 0.705. The van der Waals surface area contributed by atoms with Crippen LogP contribution in [0.1, 0.15) is 30.7 Å². The van der Waals surface area contributed by atoms with Crippen molar-refractivity contribution in [1.29, 1.82) is 0 Å². The number of nitrogens with one attached hydrogen (secondary N) is 2. The van der Waals surface area contributed by atoms with Crippen LogP contribution in [0.25, 0.3) is 0 Å². The van der Waals surface area contributed by atoms with Crippen LogP contribution in [-0.4, -0.2) is 47.6 Å². The molecule has 3 atom stereocenters. The van der Waals surface area contributed by atoms with Gasteiger partial charge in [-0.1, -0.05) is 18.2 Å². The number of nitrogen functional groups attached to an aromatic ring is 1. The van der Waals surface area contributed by atoms with E-state index in [1.165, 1.54) is 0 Å². The number of benzene rings is 1. The lowest BCUT2D eigenvalue weighted by molar-refractivity contribution is -0.133. The summed E-state index contributed by atoms with van der Waals surface area (Å²) >= 11 is 0. The molecule has 148 valence electrons. The molecule has 2 saturated heterocycles. The van der Waals surface area contributed by atoms with Crippen LogP contribution in [0.5, 0.6) is 5.75 Å². The third kappa shape index (κ3) is 4.10. The predicted octanol–water partition coefficient (Wildman–Crippen LogP) is 1.68. The van der Waals surface area contributed by atoms with Crippen molar-refractivity contribution >= 4 is 11.7 Å². The van der Waals surface area contributed by atoms with E-state index in [0.717, 1.165) is 37.2 Å². The molecule has 1 amide bonds. The standard InChI is InChI=1S/C21H27N5O2/c22-19-13-15(8-10-23-19)17-14-24-25-21(17)18-7-4-11-26(18)20(27)9-12-28-16-5-2-1-3-6-16/h1-3,5-6,8,10,13,17-18,21,24-25H,4,7,9,11-12,14H2,(H2,22,23). The average molecular weight is 381 g/mol. The summed E-state index contributed by atoms with van der Waals surface area (Å²) in [6.07, 6.45) is 4.16. The van der Waals surface area contributed by atoms with Crippen LogP contribution in [0.2, 0.25) is 0 Å². The number of hydrogen-bond acceptors (Lipinski definition) is 6. The number of ether oxygens (including phenoxy) is 1. The number of hydrogen-bond donors (Lipinski definition) is 3. The Hall–Kier alpha value is -2.64. The van der Waals surface area contributed by atoms with Gasteiger partial charge in [0.25, 0.3) is 0 Å². The highest BCUT2D eigenvalue weighted by molar-refractivity contribution is 5.77. The van der Waals surface area contributed by atoms with Crippen LogP contribution < -0.4 is 21.3 Å². The molecule has 4 rings (SSSR count). The van der Waals surface area contributed by atoms with Crippen molar-refractivity contribution in [2.75, 3.05) is 25.4 Å². The van der Waals surface area contributed by atoms with Gasteiger partial charge in [-0.15, -0.1) is 0 Å². The molecule has 0 bridgehead atoms. The van der Waals surface area contributed by atoms with Crippen LogP contribution in [0.4, 0.5) is 5.82 Å². The lowest BCUT2D eigenvalue weighted by atomic mass is 9.88. The molecule has 7 nitrogen and oxygen atoms in total. The third-order valence-electron chi connectivity index (χ3n) is 5.62. The van der Waals surface area contributed by atoms with Crippen molar-refractivity contribution in [2.45, 2.75) is 37.3 Å². The maximum Gasteiger partial charge on any atom is 0.226 e. The Balaban J connectivity index is 1.39. The normalized spacial score (nSPS) is 24.4. The van der Waals surface area contributed by atoms with E-state index < -0.39 is 0 Å². The second-order valence-electron chi connectivity index (χ2n) is 7.38. The van der Waals surface area contributed by atoms with Gasteiger partial charge < -0.3 is 15.4 Å². The number of nitrogens with two attached hydrogens (primary N) is 1. The first-order valence-corrected chi connectivity index (χ1v) is 9.89. The van der Waals surface area contributed by atoms with Gasteiger partial charge in [0.05, 0.1) is 13.0 Å². The summed E-state index contributed by atoms with van der Waals surface area (Å²) in [6, 6.07) is 13.9. The summed E-state index contributed by atoms with van der Waals surface area (Å²) in [6.45, 7) is 2.01. The van der Waals surface area contributed by atoms with Crippen LogP contribution >= 0.6 is 0 Å². The van der Waals surface area contributed by atoms with E-state index in [2.05, 4.69) is 15.8 Å². The van der Waals surface area contributed by atoms with Gasteiger partial charge in [-0.25, -0.2) is 4.98 Å². The Morgan fingerprint density at radius 1 is 1.29 bits per heavy atom. The van der Waals surface area contributed by atoms with Crippen molar-refractivity contribution in [3.05, 3.63) is 54.2 Å². The van der Waals surface area contributed by atoms with Crippen LogP contribution in [0, 0.1) is 0 Å². The van der Waals surface area contributed by atoms with Gasteiger partial charge in [-0.2, -0.15) is 0 Å². The molecule has 0 spiro atoms. The number of anilines is 1. The fraction of sp³-hybridized carbons (Fsp3) is 0.429. The molecular weight excluding hydrogens is 354 g/mol. The molecule has 1 aromatic carbocycles. The van der Waals surface area contributed by atoms with Gasteiger partial charge in [-0.05, 0) is 42.7 Å². The van der Waals surface area contributed by atoms with Crippen molar-refractivity contribution in [3.8, 4) is 5.75 Å². The van der Waals surface area contributed by atoms with E-state index in [1.54, 1.807) is 6.20 Å². The number of nitrogens with zero attached hydrogens (tertiary/aromatic N) is 2.